The SMILES string of the molecule is CC(C)(C)c1ccc(CCCC=O)c(CO[Si](c2ccccc2)c2ccccc2)c1. The fourth-order valence-corrected chi connectivity index (χ4v) is 5.47. The molecular formula is C27H31O2Si. The average Bonchev–Trinajstić information content (AvgIpc) is 2.75. The van der Waals surface area contributed by atoms with Crippen molar-refractivity contribution < 1.29 is 9.22 Å². The lowest BCUT2D eigenvalue weighted by Gasteiger charge is -2.23. The molecule has 0 heterocycles. The number of carbonyl (C=O) groups excluding carboxylic acids is 1. The fraction of sp³-hybridized carbons (Fsp3) is 0.296. The molecule has 0 saturated carbocycles. The number of rotatable bonds is 9. The van der Waals surface area contributed by atoms with E-state index in [1.807, 2.05) is 12.1 Å². The summed E-state index contributed by atoms with van der Waals surface area (Å²) in [5.41, 5.74) is 3.92. The first-order valence-electron chi connectivity index (χ1n) is 10.7. The van der Waals surface area contributed by atoms with E-state index in [1.165, 1.54) is 27.1 Å². The van der Waals surface area contributed by atoms with E-state index >= 15 is 0 Å². The van der Waals surface area contributed by atoms with E-state index in [9.17, 15) is 4.79 Å². The van der Waals surface area contributed by atoms with Gasteiger partial charge in [-0.3, -0.25) is 0 Å². The number of hydrogen-bond acceptors (Lipinski definition) is 2. The summed E-state index contributed by atoms with van der Waals surface area (Å²) in [6.45, 7) is 7.30. The van der Waals surface area contributed by atoms with E-state index in [2.05, 4.69) is 87.5 Å². The van der Waals surface area contributed by atoms with Crippen LogP contribution < -0.4 is 10.4 Å². The Balaban J connectivity index is 1.89. The largest absolute Gasteiger partial charge is 0.403 e. The van der Waals surface area contributed by atoms with E-state index in [-0.39, 0.29) is 5.41 Å². The molecule has 0 aliphatic heterocycles. The normalized spacial score (nSPS) is 11.6. The van der Waals surface area contributed by atoms with Crippen LogP contribution >= 0.6 is 0 Å². The van der Waals surface area contributed by atoms with Crippen LogP contribution in [-0.4, -0.2) is 15.3 Å². The summed E-state index contributed by atoms with van der Waals surface area (Å²) in [4.78, 5) is 10.8. The predicted octanol–water partition coefficient (Wildman–Crippen LogP) is 4.83. The van der Waals surface area contributed by atoms with Gasteiger partial charge in [-0.25, -0.2) is 0 Å². The van der Waals surface area contributed by atoms with Crippen molar-refractivity contribution in [2.75, 3.05) is 0 Å². The predicted molar refractivity (Wildman–Crippen MR) is 127 cm³/mol. The molecule has 3 heteroatoms. The number of carbonyl (C=O) groups is 1. The number of unbranched alkanes of at least 4 members (excludes halogenated alkanes) is 1. The zero-order valence-electron chi connectivity index (χ0n) is 18.2. The second-order valence-electron chi connectivity index (χ2n) is 8.64. The molecule has 0 aliphatic rings. The molecule has 0 unspecified atom stereocenters. The van der Waals surface area contributed by atoms with Gasteiger partial charge in [0.15, 0.2) is 0 Å². The second kappa shape index (κ2) is 10.5. The van der Waals surface area contributed by atoms with Crippen LogP contribution in [0.5, 0.6) is 0 Å². The van der Waals surface area contributed by atoms with Gasteiger partial charge in [-0.05, 0) is 45.3 Å². The lowest BCUT2D eigenvalue weighted by molar-refractivity contribution is -0.107. The maximum absolute atomic E-state index is 10.8. The Morgan fingerprint density at radius 3 is 1.97 bits per heavy atom. The number of benzene rings is 3. The Hall–Kier alpha value is -2.49. The van der Waals surface area contributed by atoms with Gasteiger partial charge < -0.3 is 9.22 Å². The van der Waals surface area contributed by atoms with Gasteiger partial charge in [-0.1, -0.05) is 99.6 Å². The summed E-state index contributed by atoms with van der Waals surface area (Å²) < 4.78 is 6.65. The number of aryl methyl sites for hydroxylation is 1. The first-order valence-corrected chi connectivity index (χ1v) is 12.1. The molecule has 0 aromatic heterocycles. The zero-order valence-corrected chi connectivity index (χ0v) is 19.2. The fourth-order valence-electron chi connectivity index (χ4n) is 3.51. The Kier molecular flexibility index (Phi) is 7.78. The van der Waals surface area contributed by atoms with Gasteiger partial charge in [-0.15, -0.1) is 0 Å². The Bertz CT molecular complexity index is 891. The maximum atomic E-state index is 10.8. The summed E-state index contributed by atoms with van der Waals surface area (Å²) in [7, 11) is -1.34. The lowest BCUT2D eigenvalue weighted by Crippen LogP contribution is -2.44. The Morgan fingerprint density at radius 2 is 1.43 bits per heavy atom. The summed E-state index contributed by atoms with van der Waals surface area (Å²) in [5, 5.41) is 2.51. The van der Waals surface area contributed by atoms with Crippen molar-refractivity contribution in [1.82, 2.24) is 0 Å². The van der Waals surface area contributed by atoms with E-state index in [1.54, 1.807) is 0 Å². The molecule has 0 saturated heterocycles. The molecule has 0 N–H and O–H groups in total. The van der Waals surface area contributed by atoms with Crippen LogP contribution in [-0.2, 0) is 27.7 Å². The quantitative estimate of drug-likeness (QED) is 0.284. The highest BCUT2D eigenvalue weighted by Crippen LogP contribution is 2.26. The number of aldehydes is 1. The van der Waals surface area contributed by atoms with Crippen LogP contribution in [0.4, 0.5) is 0 Å². The van der Waals surface area contributed by atoms with E-state index in [0.29, 0.717) is 13.0 Å². The maximum Gasteiger partial charge on any atom is 0.283 e. The molecule has 0 aliphatic carbocycles. The molecule has 0 amide bonds. The van der Waals surface area contributed by atoms with Crippen LogP contribution in [0, 0.1) is 0 Å². The first kappa shape index (κ1) is 22.2. The van der Waals surface area contributed by atoms with Crippen molar-refractivity contribution >= 4 is 25.7 Å². The molecular weight excluding hydrogens is 384 g/mol. The third kappa shape index (κ3) is 6.01. The van der Waals surface area contributed by atoms with Crippen LogP contribution in [0.25, 0.3) is 0 Å². The molecule has 0 atom stereocenters. The van der Waals surface area contributed by atoms with Crippen LogP contribution in [0.15, 0.2) is 78.9 Å². The highest BCUT2D eigenvalue weighted by Gasteiger charge is 2.21. The van der Waals surface area contributed by atoms with Gasteiger partial charge in [-0.2, -0.15) is 0 Å². The average molecular weight is 416 g/mol. The van der Waals surface area contributed by atoms with Crippen LogP contribution in [0.3, 0.4) is 0 Å². The summed E-state index contributed by atoms with van der Waals surface area (Å²) in [5.74, 6) is 0. The van der Waals surface area contributed by atoms with Gasteiger partial charge in [0.05, 0.1) is 6.61 Å². The Morgan fingerprint density at radius 1 is 0.833 bits per heavy atom. The van der Waals surface area contributed by atoms with E-state index in [4.69, 9.17) is 4.43 Å². The molecule has 3 aromatic carbocycles. The standard InChI is InChI=1S/C27H31O2Si/c1-27(2,3)24-18-17-22(12-10-11-19-28)23(20-24)21-29-30(25-13-6-4-7-14-25)26-15-8-5-9-16-26/h4-9,13-20H,10-12,21H2,1-3H3. The third-order valence-corrected chi connectivity index (χ3v) is 7.43. The molecule has 0 spiro atoms. The summed E-state index contributed by atoms with van der Waals surface area (Å²) >= 11 is 0. The third-order valence-electron chi connectivity index (χ3n) is 5.28. The molecule has 3 rings (SSSR count). The first-order chi connectivity index (χ1) is 14.5. The summed E-state index contributed by atoms with van der Waals surface area (Å²) in [6.07, 6.45) is 3.39. The monoisotopic (exact) mass is 415 g/mol. The van der Waals surface area contributed by atoms with Gasteiger partial charge in [0.2, 0.25) is 0 Å². The van der Waals surface area contributed by atoms with Crippen molar-refractivity contribution in [2.24, 2.45) is 0 Å². The Labute approximate surface area is 182 Å². The molecule has 0 bridgehead atoms. The molecule has 155 valence electrons. The van der Waals surface area contributed by atoms with Gasteiger partial charge in [0.1, 0.15) is 6.29 Å². The summed E-state index contributed by atoms with van der Waals surface area (Å²) in [6, 6.07) is 27.8. The van der Waals surface area contributed by atoms with Crippen molar-refractivity contribution in [3.8, 4) is 0 Å². The van der Waals surface area contributed by atoms with Crippen LogP contribution in [0.2, 0.25) is 0 Å². The zero-order chi connectivity index (χ0) is 21.4. The van der Waals surface area contributed by atoms with Crippen molar-refractivity contribution in [2.45, 2.75) is 52.1 Å². The van der Waals surface area contributed by atoms with Crippen molar-refractivity contribution in [3.63, 3.8) is 0 Å². The van der Waals surface area contributed by atoms with Gasteiger partial charge >= 0.3 is 0 Å². The number of hydrogen-bond donors (Lipinski definition) is 0. The van der Waals surface area contributed by atoms with Crippen molar-refractivity contribution in [1.29, 1.82) is 0 Å². The highest BCUT2D eigenvalue weighted by molar-refractivity contribution is 6.80. The minimum Gasteiger partial charge on any atom is -0.403 e. The lowest BCUT2D eigenvalue weighted by atomic mass is 9.85. The van der Waals surface area contributed by atoms with E-state index in [0.717, 1.165) is 19.1 Å². The van der Waals surface area contributed by atoms with E-state index < -0.39 is 9.04 Å². The minimum absolute atomic E-state index is 0.0860. The molecule has 3 aromatic rings. The molecule has 2 nitrogen and oxygen atoms in total. The minimum atomic E-state index is -1.34. The topological polar surface area (TPSA) is 26.3 Å². The van der Waals surface area contributed by atoms with Crippen molar-refractivity contribution in [3.05, 3.63) is 95.6 Å². The van der Waals surface area contributed by atoms with Gasteiger partial charge in [0.25, 0.3) is 9.04 Å². The highest BCUT2D eigenvalue weighted by atomic mass is 28.3. The molecule has 0 fully saturated rings. The van der Waals surface area contributed by atoms with Gasteiger partial charge in [0, 0.05) is 6.42 Å². The smallest absolute Gasteiger partial charge is 0.283 e. The molecule has 30 heavy (non-hydrogen) atoms. The molecule has 1 radical (unpaired) electrons. The second-order valence-corrected chi connectivity index (χ2v) is 10.7. The van der Waals surface area contributed by atoms with Crippen LogP contribution in [0.1, 0.15) is 50.3 Å².